The van der Waals surface area contributed by atoms with Crippen molar-refractivity contribution < 1.29 is 0 Å². The summed E-state index contributed by atoms with van der Waals surface area (Å²) in [6.45, 7) is 10.3. The summed E-state index contributed by atoms with van der Waals surface area (Å²) >= 11 is 0. The molecule has 2 aliphatic carbocycles. The van der Waals surface area contributed by atoms with Crippen molar-refractivity contribution in [2.45, 2.75) is 19.8 Å². The van der Waals surface area contributed by atoms with Gasteiger partial charge in [-0.3, -0.25) is 0 Å². The van der Waals surface area contributed by atoms with Gasteiger partial charge in [0.25, 0.3) is 0 Å². The normalized spacial score (nSPS) is 39.6. The fraction of sp³-hybridized carbons (Fsp3) is 0.500. The Morgan fingerprint density at radius 1 is 1.58 bits per heavy atom. The zero-order valence-electron chi connectivity index (χ0n) is 7.72. The van der Waals surface area contributed by atoms with Gasteiger partial charge >= 0.3 is 0 Å². The van der Waals surface area contributed by atoms with Crippen LogP contribution >= 0.6 is 0 Å². The van der Waals surface area contributed by atoms with Crippen LogP contribution in [0.1, 0.15) is 19.8 Å². The minimum Gasteiger partial charge on any atom is -0.0989 e. The molecule has 0 nitrogen and oxygen atoms in total. The summed E-state index contributed by atoms with van der Waals surface area (Å²) < 4.78 is 0. The van der Waals surface area contributed by atoms with Gasteiger partial charge in [0.05, 0.1) is 0 Å². The Bertz CT molecular complexity index is 257. The van der Waals surface area contributed by atoms with Gasteiger partial charge in [0.2, 0.25) is 0 Å². The van der Waals surface area contributed by atoms with Gasteiger partial charge in [-0.1, -0.05) is 37.8 Å². The van der Waals surface area contributed by atoms with Gasteiger partial charge in [-0.05, 0) is 30.3 Å². The average Bonchev–Trinajstić information content (AvgIpc) is 2.62. The van der Waals surface area contributed by atoms with Gasteiger partial charge in [-0.2, -0.15) is 0 Å². The molecular formula is C12H16. The molecule has 0 radical (unpaired) electrons. The van der Waals surface area contributed by atoms with Crippen LogP contribution in [0.15, 0.2) is 36.5 Å². The van der Waals surface area contributed by atoms with Crippen molar-refractivity contribution in [1.29, 1.82) is 0 Å². The summed E-state index contributed by atoms with van der Waals surface area (Å²) in [5.41, 5.74) is 2.78. The van der Waals surface area contributed by atoms with E-state index in [1.165, 1.54) is 17.6 Å². The van der Waals surface area contributed by atoms with Crippen molar-refractivity contribution in [1.82, 2.24) is 0 Å². The highest BCUT2D eigenvalue weighted by atomic mass is 14.5. The largest absolute Gasteiger partial charge is 0.0989 e. The lowest BCUT2D eigenvalue weighted by molar-refractivity contribution is 0.621. The molecule has 1 saturated carbocycles. The first-order chi connectivity index (χ1) is 5.72. The maximum Gasteiger partial charge on any atom is 0.00142 e. The Hall–Kier alpha value is -0.780. The van der Waals surface area contributed by atoms with E-state index in [9.17, 15) is 0 Å². The van der Waals surface area contributed by atoms with E-state index >= 15 is 0 Å². The Morgan fingerprint density at radius 3 is 2.67 bits per heavy atom. The van der Waals surface area contributed by atoms with Crippen molar-refractivity contribution in [3.63, 3.8) is 0 Å². The zero-order chi connectivity index (χ0) is 8.72. The Kier molecular flexibility index (Phi) is 1.71. The summed E-state index contributed by atoms with van der Waals surface area (Å²) in [4.78, 5) is 0. The summed E-state index contributed by atoms with van der Waals surface area (Å²) in [6.07, 6.45) is 6.80. The van der Waals surface area contributed by atoms with E-state index in [0.717, 1.165) is 18.3 Å². The molecule has 0 aliphatic heterocycles. The molecule has 2 aliphatic rings. The minimum absolute atomic E-state index is 0.674. The van der Waals surface area contributed by atoms with Gasteiger partial charge in [0, 0.05) is 5.92 Å². The number of rotatable bonds is 2. The molecule has 64 valence electrons. The first-order valence-electron chi connectivity index (χ1n) is 4.73. The predicted octanol–water partition coefficient (Wildman–Crippen LogP) is 3.33. The maximum atomic E-state index is 4.13. The van der Waals surface area contributed by atoms with Crippen molar-refractivity contribution in [3.8, 4) is 0 Å². The second kappa shape index (κ2) is 2.62. The molecule has 0 aromatic heterocycles. The van der Waals surface area contributed by atoms with Crippen LogP contribution in [0.2, 0.25) is 0 Å². The van der Waals surface area contributed by atoms with E-state index in [0.29, 0.717) is 5.92 Å². The monoisotopic (exact) mass is 160 g/mol. The first kappa shape index (κ1) is 7.85. The smallest absolute Gasteiger partial charge is 0.00142 e. The molecule has 0 aromatic rings. The third-order valence-corrected chi connectivity index (χ3v) is 3.19. The number of allylic oxidation sites excluding steroid dienone is 4. The summed E-state index contributed by atoms with van der Waals surface area (Å²) in [7, 11) is 0. The van der Waals surface area contributed by atoms with E-state index in [4.69, 9.17) is 0 Å². The van der Waals surface area contributed by atoms with E-state index in [1.54, 1.807) is 0 Å². The van der Waals surface area contributed by atoms with Crippen molar-refractivity contribution in [2.24, 2.45) is 17.8 Å². The molecule has 0 bridgehead atoms. The van der Waals surface area contributed by atoms with Gasteiger partial charge in [0.1, 0.15) is 0 Å². The molecule has 2 rings (SSSR count). The highest BCUT2D eigenvalue weighted by Crippen LogP contribution is 2.50. The Labute approximate surface area is 74.7 Å². The highest BCUT2D eigenvalue weighted by Gasteiger charge is 2.40. The van der Waals surface area contributed by atoms with Crippen LogP contribution in [0.25, 0.3) is 0 Å². The van der Waals surface area contributed by atoms with Crippen LogP contribution in [0.3, 0.4) is 0 Å². The fourth-order valence-corrected chi connectivity index (χ4v) is 2.21. The highest BCUT2D eigenvalue weighted by molar-refractivity contribution is 5.35. The molecular weight excluding hydrogens is 144 g/mol. The van der Waals surface area contributed by atoms with Crippen LogP contribution in [0.4, 0.5) is 0 Å². The second-order valence-electron chi connectivity index (χ2n) is 4.18. The minimum atomic E-state index is 0.674. The quantitative estimate of drug-likeness (QED) is 0.543. The molecule has 0 heterocycles. The molecule has 0 saturated heterocycles. The van der Waals surface area contributed by atoms with Crippen molar-refractivity contribution >= 4 is 0 Å². The molecule has 0 N–H and O–H groups in total. The molecule has 12 heavy (non-hydrogen) atoms. The molecule has 1 fully saturated rings. The number of hydrogen-bond acceptors (Lipinski definition) is 0. The first-order valence-corrected chi connectivity index (χ1v) is 4.73. The zero-order valence-corrected chi connectivity index (χ0v) is 7.72. The van der Waals surface area contributed by atoms with E-state index in [-0.39, 0.29) is 0 Å². The lowest BCUT2D eigenvalue weighted by Crippen LogP contribution is -1.98. The van der Waals surface area contributed by atoms with Gasteiger partial charge in [0.15, 0.2) is 0 Å². The maximum absolute atomic E-state index is 4.13. The summed E-state index contributed by atoms with van der Waals surface area (Å²) in [5, 5.41) is 0. The van der Waals surface area contributed by atoms with Crippen LogP contribution < -0.4 is 0 Å². The molecule has 0 spiro atoms. The molecule has 3 atom stereocenters. The third-order valence-electron chi connectivity index (χ3n) is 3.19. The van der Waals surface area contributed by atoms with E-state index in [2.05, 4.69) is 26.2 Å². The van der Waals surface area contributed by atoms with Crippen LogP contribution in [0.5, 0.6) is 0 Å². The Balaban J connectivity index is 2.11. The van der Waals surface area contributed by atoms with E-state index < -0.39 is 0 Å². The predicted molar refractivity (Wildman–Crippen MR) is 52.8 cm³/mol. The Morgan fingerprint density at radius 2 is 2.25 bits per heavy atom. The topological polar surface area (TPSA) is 0 Å². The van der Waals surface area contributed by atoms with Gasteiger partial charge < -0.3 is 0 Å². The lowest BCUT2D eigenvalue weighted by Gasteiger charge is -2.07. The second-order valence-corrected chi connectivity index (χ2v) is 4.18. The summed E-state index contributed by atoms with van der Waals surface area (Å²) in [5.74, 6) is 2.50. The number of hydrogen-bond donors (Lipinski definition) is 0. The van der Waals surface area contributed by atoms with Crippen molar-refractivity contribution in [3.05, 3.63) is 36.5 Å². The van der Waals surface area contributed by atoms with Crippen LogP contribution in [-0.4, -0.2) is 0 Å². The SMILES string of the molecule is C=CC1=CC(C2CC2C)C(=C)C1. The third kappa shape index (κ3) is 1.16. The average molecular weight is 160 g/mol. The molecule has 0 amide bonds. The molecule has 0 heteroatoms. The standard InChI is InChI=1S/C12H16/c1-4-10-5-8(2)12(7-10)11-6-9(11)3/h4,7,9,11-12H,1-2,5-6H2,3H3. The lowest BCUT2D eigenvalue weighted by atomic mass is 9.98. The van der Waals surface area contributed by atoms with Gasteiger partial charge in [-0.25, -0.2) is 0 Å². The van der Waals surface area contributed by atoms with Crippen LogP contribution in [0, 0.1) is 17.8 Å². The van der Waals surface area contributed by atoms with E-state index in [1.807, 2.05) is 6.08 Å². The van der Waals surface area contributed by atoms with Gasteiger partial charge in [-0.15, -0.1) is 0 Å². The molecule has 3 unspecified atom stereocenters. The molecule has 0 aromatic carbocycles. The summed E-state index contributed by atoms with van der Waals surface area (Å²) in [6, 6.07) is 0. The van der Waals surface area contributed by atoms with Crippen molar-refractivity contribution in [2.75, 3.05) is 0 Å². The fourth-order valence-electron chi connectivity index (χ4n) is 2.21. The van der Waals surface area contributed by atoms with Crippen LogP contribution in [-0.2, 0) is 0 Å².